The van der Waals surface area contributed by atoms with Crippen molar-refractivity contribution < 1.29 is 14.3 Å². The summed E-state index contributed by atoms with van der Waals surface area (Å²) in [6.07, 6.45) is 1.66. The molecule has 3 aromatic rings. The lowest BCUT2D eigenvalue weighted by Crippen LogP contribution is -2.15. The van der Waals surface area contributed by atoms with Crippen LogP contribution in [-0.2, 0) is 4.74 Å². The first-order valence-electron chi connectivity index (χ1n) is 7.66. The number of nitrogens with zero attached hydrogens (tertiary/aromatic N) is 1. The van der Waals surface area contributed by atoms with E-state index in [0.29, 0.717) is 11.3 Å². The molecule has 1 aromatic carbocycles. The minimum atomic E-state index is -0.495. The first-order valence-corrected chi connectivity index (χ1v) is 7.66. The van der Waals surface area contributed by atoms with Crippen LogP contribution < -0.4 is 0 Å². The molecule has 5 nitrogen and oxygen atoms in total. The monoisotopic (exact) mass is 322 g/mol. The summed E-state index contributed by atoms with van der Waals surface area (Å²) >= 11 is 0. The van der Waals surface area contributed by atoms with E-state index in [4.69, 9.17) is 4.74 Å². The van der Waals surface area contributed by atoms with Gasteiger partial charge in [-0.1, -0.05) is 18.2 Å². The Labute approximate surface area is 139 Å². The molecular weight excluding hydrogens is 304 g/mol. The Morgan fingerprint density at radius 2 is 1.83 bits per heavy atom. The van der Waals surface area contributed by atoms with Crippen LogP contribution in [0.4, 0.5) is 0 Å². The number of para-hydroxylation sites is 1. The number of aryl methyl sites for hydroxylation is 1. The van der Waals surface area contributed by atoms with E-state index in [2.05, 4.69) is 4.98 Å². The second-order valence-corrected chi connectivity index (χ2v) is 5.54. The molecule has 0 aliphatic rings. The minimum Gasteiger partial charge on any atom is -0.454 e. The van der Waals surface area contributed by atoms with Gasteiger partial charge in [0.25, 0.3) is 0 Å². The van der Waals surface area contributed by atoms with Crippen molar-refractivity contribution in [2.75, 3.05) is 6.61 Å². The molecule has 122 valence electrons. The standard InChI is InChI=1S/C19H18N2O3/c1-13-11-16(14(2)21(13)15-7-4-3-5-8-15)19(23)24-12-18(22)17-9-6-10-20-17/h3-11,20H,12H2,1-2H3. The van der Waals surface area contributed by atoms with Crippen molar-refractivity contribution in [1.29, 1.82) is 0 Å². The summed E-state index contributed by atoms with van der Waals surface area (Å²) in [5.74, 6) is -0.754. The van der Waals surface area contributed by atoms with Gasteiger partial charge >= 0.3 is 5.97 Å². The number of aromatic nitrogens is 2. The Morgan fingerprint density at radius 3 is 2.50 bits per heavy atom. The first-order chi connectivity index (χ1) is 11.6. The second-order valence-electron chi connectivity index (χ2n) is 5.54. The zero-order chi connectivity index (χ0) is 17.1. The number of hydrogen-bond donors (Lipinski definition) is 1. The fourth-order valence-corrected chi connectivity index (χ4v) is 2.73. The van der Waals surface area contributed by atoms with Gasteiger partial charge in [-0.25, -0.2) is 4.79 Å². The number of Topliss-reactive ketones (excluding diaryl/α,β-unsaturated/α-hetero) is 1. The molecule has 2 heterocycles. The number of carbonyl (C=O) groups is 2. The topological polar surface area (TPSA) is 64.1 Å². The van der Waals surface area contributed by atoms with Gasteiger partial charge in [-0.3, -0.25) is 4.79 Å². The number of H-pyrrole nitrogens is 1. The summed E-state index contributed by atoms with van der Waals surface area (Å²) in [5, 5.41) is 0. The number of nitrogens with one attached hydrogen (secondary N) is 1. The molecule has 0 radical (unpaired) electrons. The normalized spacial score (nSPS) is 10.6. The average molecular weight is 322 g/mol. The van der Waals surface area contributed by atoms with Crippen molar-refractivity contribution in [3.63, 3.8) is 0 Å². The third-order valence-electron chi connectivity index (χ3n) is 3.90. The van der Waals surface area contributed by atoms with E-state index in [1.807, 2.05) is 48.7 Å². The summed E-state index contributed by atoms with van der Waals surface area (Å²) in [6, 6.07) is 14.9. The zero-order valence-corrected chi connectivity index (χ0v) is 13.6. The maximum Gasteiger partial charge on any atom is 0.340 e. The lowest BCUT2D eigenvalue weighted by molar-refractivity contribution is 0.0473. The predicted molar refractivity (Wildman–Crippen MR) is 90.6 cm³/mol. The van der Waals surface area contributed by atoms with E-state index in [1.165, 1.54) is 0 Å². The van der Waals surface area contributed by atoms with E-state index >= 15 is 0 Å². The Kier molecular flexibility index (Phi) is 4.33. The van der Waals surface area contributed by atoms with Crippen LogP contribution in [0.2, 0.25) is 0 Å². The fraction of sp³-hybridized carbons (Fsp3) is 0.158. The molecule has 0 saturated heterocycles. The number of benzene rings is 1. The van der Waals surface area contributed by atoms with Crippen molar-refractivity contribution in [3.8, 4) is 5.69 Å². The molecule has 0 bridgehead atoms. The first kappa shape index (κ1) is 15.8. The van der Waals surface area contributed by atoms with Crippen LogP contribution in [0.5, 0.6) is 0 Å². The summed E-state index contributed by atoms with van der Waals surface area (Å²) in [4.78, 5) is 27.0. The van der Waals surface area contributed by atoms with Crippen molar-refractivity contribution in [2.24, 2.45) is 0 Å². The van der Waals surface area contributed by atoms with Crippen LogP contribution in [0.3, 0.4) is 0 Å². The Hall–Kier alpha value is -3.08. The lowest BCUT2D eigenvalue weighted by atomic mass is 10.2. The molecule has 24 heavy (non-hydrogen) atoms. The largest absolute Gasteiger partial charge is 0.454 e. The molecule has 0 aliphatic carbocycles. The summed E-state index contributed by atoms with van der Waals surface area (Å²) in [5.41, 5.74) is 3.60. The van der Waals surface area contributed by atoms with Crippen molar-refractivity contribution >= 4 is 11.8 Å². The van der Waals surface area contributed by atoms with Crippen LogP contribution in [-0.4, -0.2) is 27.9 Å². The number of ether oxygens (including phenoxy) is 1. The van der Waals surface area contributed by atoms with Crippen molar-refractivity contribution in [1.82, 2.24) is 9.55 Å². The quantitative estimate of drug-likeness (QED) is 0.578. The number of ketones is 1. The van der Waals surface area contributed by atoms with Gasteiger partial charge in [-0.15, -0.1) is 0 Å². The predicted octanol–water partition coefficient (Wildman–Crippen LogP) is 3.46. The fourth-order valence-electron chi connectivity index (χ4n) is 2.73. The molecule has 0 spiro atoms. The van der Waals surface area contributed by atoms with E-state index in [-0.39, 0.29) is 12.4 Å². The summed E-state index contributed by atoms with van der Waals surface area (Å²) in [6.45, 7) is 3.51. The maximum absolute atomic E-state index is 12.3. The van der Waals surface area contributed by atoms with E-state index < -0.39 is 5.97 Å². The number of carbonyl (C=O) groups excluding carboxylic acids is 2. The van der Waals surface area contributed by atoms with Gasteiger partial charge in [0.15, 0.2) is 6.61 Å². The molecule has 0 fully saturated rings. The second kappa shape index (κ2) is 6.58. The molecule has 3 rings (SSSR count). The minimum absolute atomic E-state index is 0.259. The Morgan fingerprint density at radius 1 is 1.08 bits per heavy atom. The van der Waals surface area contributed by atoms with Gasteiger partial charge in [0.05, 0.1) is 11.3 Å². The maximum atomic E-state index is 12.3. The number of hydrogen-bond acceptors (Lipinski definition) is 3. The highest BCUT2D eigenvalue weighted by Gasteiger charge is 2.19. The summed E-state index contributed by atoms with van der Waals surface area (Å²) < 4.78 is 7.17. The molecule has 5 heteroatoms. The molecule has 0 saturated carbocycles. The van der Waals surface area contributed by atoms with Crippen molar-refractivity contribution in [2.45, 2.75) is 13.8 Å². The molecule has 0 amide bonds. The van der Waals surface area contributed by atoms with Gasteiger partial charge < -0.3 is 14.3 Å². The molecule has 0 atom stereocenters. The highest BCUT2D eigenvalue weighted by Crippen LogP contribution is 2.21. The van der Waals surface area contributed by atoms with E-state index in [1.54, 1.807) is 24.4 Å². The number of rotatable bonds is 5. The molecular formula is C19H18N2O3. The van der Waals surface area contributed by atoms with Crippen LogP contribution in [0, 0.1) is 13.8 Å². The van der Waals surface area contributed by atoms with Crippen LogP contribution in [0.1, 0.15) is 32.2 Å². The SMILES string of the molecule is Cc1cc(C(=O)OCC(=O)c2ccc[nH]2)c(C)n1-c1ccccc1. The van der Waals surface area contributed by atoms with Crippen LogP contribution in [0.15, 0.2) is 54.7 Å². The molecule has 1 N–H and O–H groups in total. The molecule has 2 aromatic heterocycles. The average Bonchev–Trinajstić information content (AvgIpc) is 3.21. The number of esters is 1. The number of aromatic amines is 1. The molecule has 0 aliphatic heterocycles. The van der Waals surface area contributed by atoms with Gasteiger partial charge in [0.2, 0.25) is 5.78 Å². The third-order valence-corrected chi connectivity index (χ3v) is 3.90. The van der Waals surface area contributed by atoms with Gasteiger partial charge in [-0.05, 0) is 44.2 Å². The van der Waals surface area contributed by atoms with E-state index in [0.717, 1.165) is 17.1 Å². The van der Waals surface area contributed by atoms with Crippen molar-refractivity contribution in [3.05, 3.63) is 77.4 Å². The van der Waals surface area contributed by atoms with Gasteiger partial charge in [-0.2, -0.15) is 0 Å². The third kappa shape index (κ3) is 3.01. The Balaban J connectivity index is 1.78. The van der Waals surface area contributed by atoms with Gasteiger partial charge in [0, 0.05) is 23.3 Å². The highest BCUT2D eigenvalue weighted by atomic mass is 16.5. The highest BCUT2D eigenvalue weighted by molar-refractivity contribution is 5.98. The zero-order valence-electron chi connectivity index (χ0n) is 13.6. The van der Waals surface area contributed by atoms with Crippen LogP contribution in [0.25, 0.3) is 5.69 Å². The Bertz CT molecular complexity index is 862. The summed E-state index contributed by atoms with van der Waals surface area (Å²) in [7, 11) is 0. The smallest absolute Gasteiger partial charge is 0.340 e. The molecule has 0 unspecified atom stereocenters. The lowest BCUT2D eigenvalue weighted by Gasteiger charge is -2.09. The van der Waals surface area contributed by atoms with Crippen LogP contribution >= 0.6 is 0 Å². The van der Waals surface area contributed by atoms with E-state index in [9.17, 15) is 9.59 Å². The van der Waals surface area contributed by atoms with Gasteiger partial charge in [0.1, 0.15) is 0 Å².